The van der Waals surface area contributed by atoms with Crippen LogP contribution in [0.1, 0.15) is 29.5 Å². The zero-order chi connectivity index (χ0) is 12.7. The molecule has 1 N–H and O–H groups in total. The van der Waals surface area contributed by atoms with E-state index in [1.54, 1.807) is 6.07 Å². The number of furan rings is 1. The monoisotopic (exact) mass is 241 g/mol. The van der Waals surface area contributed by atoms with Crippen molar-refractivity contribution in [1.29, 1.82) is 0 Å². The van der Waals surface area contributed by atoms with Crippen molar-refractivity contribution in [3.8, 4) is 0 Å². The molecule has 1 aromatic heterocycles. The average Bonchev–Trinajstić information content (AvgIpc) is 2.77. The number of methoxy groups -OCH3 is 1. The summed E-state index contributed by atoms with van der Waals surface area (Å²) in [5, 5.41) is 8.96. The summed E-state index contributed by atoms with van der Waals surface area (Å²) in [6.07, 6.45) is 2.47. The van der Waals surface area contributed by atoms with E-state index in [9.17, 15) is 4.79 Å². The highest BCUT2D eigenvalue weighted by Gasteiger charge is 2.17. The van der Waals surface area contributed by atoms with Gasteiger partial charge in [-0.1, -0.05) is 6.92 Å². The van der Waals surface area contributed by atoms with Crippen LogP contribution in [0.3, 0.4) is 0 Å². The van der Waals surface area contributed by atoms with Crippen molar-refractivity contribution in [1.82, 2.24) is 4.90 Å². The second-order valence-electron chi connectivity index (χ2n) is 3.77. The Morgan fingerprint density at radius 3 is 2.88 bits per heavy atom. The molecule has 0 fully saturated rings. The number of carbonyl (C=O) groups excluding carboxylic acids is 1. The molecule has 5 nitrogen and oxygen atoms in total. The number of aliphatic hydroxyl groups excluding tert-OH is 1. The van der Waals surface area contributed by atoms with Gasteiger partial charge in [0.25, 0.3) is 0 Å². The van der Waals surface area contributed by atoms with Gasteiger partial charge in [0, 0.05) is 18.7 Å². The van der Waals surface area contributed by atoms with E-state index in [0.717, 1.165) is 18.5 Å². The van der Waals surface area contributed by atoms with Gasteiger partial charge in [0.1, 0.15) is 0 Å². The third kappa shape index (κ3) is 3.87. The molecule has 0 aromatic carbocycles. The SMILES string of the molecule is CCCN(CCO)Cc1ccoc1C(=O)OC. The first kappa shape index (κ1) is 13.7. The van der Waals surface area contributed by atoms with Crippen LogP contribution in [-0.4, -0.2) is 42.8 Å². The van der Waals surface area contributed by atoms with Gasteiger partial charge >= 0.3 is 5.97 Å². The lowest BCUT2D eigenvalue weighted by Gasteiger charge is -2.19. The first-order valence-electron chi connectivity index (χ1n) is 5.70. The topological polar surface area (TPSA) is 62.9 Å². The standard InChI is InChI=1S/C12H19NO4/c1-3-5-13(6-7-14)9-10-4-8-17-11(10)12(15)16-2/h4,8,14H,3,5-7,9H2,1-2H3. The molecule has 17 heavy (non-hydrogen) atoms. The van der Waals surface area contributed by atoms with Gasteiger partial charge in [0.15, 0.2) is 0 Å². The zero-order valence-corrected chi connectivity index (χ0v) is 10.3. The Bertz CT molecular complexity index is 342. The summed E-state index contributed by atoms with van der Waals surface area (Å²) in [4.78, 5) is 13.5. The molecule has 0 amide bonds. The summed E-state index contributed by atoms with van der Waals surface area (Å²) < 4.78 is 9.75. The Balaban J connectivity index is 2.71. The summed E-state index contributed by atoms with van der Waals surface area (Å²) >= 11 is 0. The molecule has 0 aliphatic carbocycles. The number of carbonyl (C=O) groups is 1. The van der Waals surface area contributed by atoms with Crippen molar-refractivity contribution in [2.75, 3.05) is 26.8 Å². The van der Waals surface area contributed by atoms with Gasteiger partial charge < -0.3 is 14.3 Å². The third-order valence-corrected chi connectivity index (χ3v) is 2.47. The molecule has 0 saturated carbocycles. The normalized spacial score (nSPS) is 10.8. The van der Waals surface area contributed by atoms with Gasteiger partial charge in [-0.2, -0.15) is 0 Å². The summed E-state index contributed by atoms with van der Waals surface area (Å²) in [6.45, 7) is 4.20. The summed E-state index contributed by atoms with van der Waals surface area (Å²) in [6, 6.07) is 1.76. The summed E-state index contributed by atoms with van der Waals surface area (Å²) in [5.41, 5.74) is 0.791. The predicted octanol–water partition coefficient (Wildman–Crippen LogP) is 1.27. The van der Waals surface area contributed by atoms with Crippen LogP contribution >= 0.6 is 0 Å². The van der Waals surface area contributed by atoms with Gasteiger partial charge in [0.05, 0.1) is 20.0 Å². The number of aliphatic hydroxyl groups is 1. The van der Waals surface area contributed by atoms with Crippen LogP contribution in [0.5, 0.6) is 0 Å². The maximum absolute atomic E-state index is 11.4. The van der Waals surface area contributed by atoms with Crippen LogP contribution in [0.15, 0.2) is 16.7 Å². The maximum atomic E-state index is 11.4. The molecular weight excluding hydrogens is 222 g/mol. The highest BCUT2D eigenvalue weighted by molar-refractivity contribution is 5.87. The minimum absolute atomic E-state index is 0.103. The smallest absolute Gasteiger partial charge is 0.374 e. The number of rotatable bonds is 7. The van der Waals surface area contributed by atoms with E-state index in [0.29, 0.717) is 13.1 Å². The van der Waals surface area contributed by atoms with Crippen LogP contribution in [0.4, 0.5) is 0 Å². The lowest BCUT2D eigenvalue weighted by molar-refractivity contribution is 0.0561. The minimum atomic E-state index is -0.467. The van der Waals surface area contributed by atoms with Crippen molar-refractivity contribution < 1.29 is 19.1 Å². The Hall–Kier alpha value is -1.33. The average molecular weight is 241 g/mol. The van der Waals surface area contributed by atoms with Crippen molar-refractivity contribution in [2.45, 2.75) is 19.9 Å². The van der Waals surface area contributed by atoms with Crippen molar-refractivity contribution >= 4 is 5.97 Å². The molecular formula is C12H19NO4. The Morgan fingerprint density at radius 1 is 1.53 bits per heavy atom. The maximum Gasteiger partial charge on any atom is 0.374 e. The fraction of sp³-hybridized carbons (Fsp3) is 0.583. The number of nitrogens with zero attached hydrogens (tertiary/aromatic N) is 1. The highest BCUT2D eigenvalue weighted by Crippen LogP contribution is 2.14. The molecule has 0 aliphatic rings. The van der Waals surface area contributed by atoms with Gasteiger partial charge in [-0.25, -0.2) is 4.79 Å². The van der Waals surface area contributed by atoms with Crippen LogP contribution in [0.25, 0.3) is 0 Å². The van der Waals surface area contributed by atoms with E-state index < -0.39 is 5.97 Å². The van der Waals surface area contributed by atoms with Gasteiger partial charge in [-0.15, -0.1) is 0 Å². The summed E-state index contributed by atoms with van der Waals surface area (Å²) in [5.74, 6) is -0.225. The van der Waals surface area contributed by atoms with Crippen LogP contribution in [-0.2, 0) is 11.3 Å². The lowest BCUT2D eigenvalue weighted by Crippen LogP contribution is -2.27. The van der Waals surface area contributed by atoms with Gasteiger partial charge in [-0.3, -0.25) is 4.90 Å². The molecule has 0 spiro atoms. The second-order valence-corrected chi connectivity index (χ2v) is 3.77. The Labute approximate surface area is 101 Å². The van der Waals surface area contributed by atoms with Crippen molar-refractivity contribution in [3.05, 3.63) is 23.7 Å². The quantitative estimate of drug-likeness (QED) is 0.728. The number of ether oxygens (including phenoxy) is 1. The van der Waals surface area contributed by atoms with E-state index in [1.807, 2.05) is 0 Å². The number of hydrogen-bond donors (Lipinski definition) is 1. The van der Waals surface area contributed by atoms with Gasteiger partial charge in [-0.05, 0) is 19.0 Å². The molecule has 0 unspecified atom stereocenters. The van der Waals surface area contributed by atoms with E-state index in [1.165, 1.54) is 13.4 Å². The largest absolute Gasteiger partial charge is 0.463 e. The number of hydrogen-bond acceptors (Lipinski definition) is 5. The highest BCUT2D eigenvalue weighted by atomic mass is 16.5. The fourth-order valence-electron chi connectivity index (χ4n) is 1.70. The number of esters is 1. The second kappa shape index (κ2) is 7.09. The van der Waals surface area contributed by atoms with Gasteiger partial charge in [0.2, 0.25) is 5.76 Å². The van der Waals surface area contributed by atoms with Crippen LogP contribution in [0.2, 0.25) is 0 Å². The van der Waals surface area contributed by atoms with E-state index in [2.05, 4.69) is 16.6 Å². The molecule has 96 valence electrons. The molecule has 0 bridgehead atoms. The molecule has 1 rings (SSSR count). The zero-order valence-electron chi connectivity index (χ0n) is 10.3. The Kier molecular flexibility index (Phi) is 5.72. The van der Waals surface area contributed by atoms with E-state index in [-0.39, 0.29) is 12.4 Å². The van der Waals surface area contributed by atoms with E-state index >= 15 is 0 Å². The molecule has 0 radical (unpaired) electrons. The van der Waals surface area contributed by atoms with E-state index in [4.69, 9.17) is 9.52 Å². The van der Waals surface area contributed by atoms with Crippen LogP contribution in [0, 0.1) is 0 Å². The lowest BCUT2D eigenvalue weighted by atomic mass is 10.2. The van der Waals surface area contributed by atoms with Crippen molar-refractivity contribution in [2.24, 2.45) is 0 Å². The first-order valence-corrected chi connectivity index (χ1v) is 5.70. The molecule has 0 aliphatic heterocycles. The first-order chi connectivity index (χ1) is 8.22. The van der Waals surface area contributed by atoms with Crippen LogP contribution < -0.4 is 0 Å². The predicted molar refractivity (Wildman–Crippen MR) is 62.7 cm³/mol. The Morgan fingerprint density at radius 2 is 2.29 bits per heavy atom. The molecule has 1 heterocycles. The third-order valence-electron chi connectivity index (χ3n) is 2.47. The minimum Gasteiger partial charge on any atom is -0.463 e. The van der Waals surface area contributed by atoms with Crippen molar-refractivity contribution in [3.63, 3.8) is 0 Å². The molecule has 0 atom stereocenters. The molecule has 0 saturated heterocycles. The fourth-order valence-corrected chi connectivity index (χ4v) is 1.70. The molecule has 5 heteroatoms. The molecule has 1 aromatic rings. The summed E-state index contributed by atoms with van der Waals surface area (Å²) in [7, 11) is 1.33.